The van der Waals surface area contributed by atoms with Crippen LogP contribution in [0.3, 0.4) is 0 Å². The van der Waals surface area contributed by atoms with Crippen molar-refractivity contribution in [3.8, 4) is 0 Å². The van der Waals surface area contributed by atoms with Gasteiger partial charge in [-0.3, -0.25) is 9.79 Å². The average Bonchev–Trinajstić information content (AvgIpc) is 2.98. The number of aliphatic hydroxyl groups excluding tert-OH is 4. The molecule has 0 aromatic heterocycles. The molecule has 2 aliphatic rings. The fourth-order valence-electron chi connectivity index (χ4n) is 2.84. The number of rotatable bonds is 4. The van der Waals surface area contributed by atoms with Crippen molar-refractivity contribution in [1.82, 2.24) is 0 Å². The maximum absolute atomic E-state index is 12.1. The minimum absolute atomic E-state index is 0.0322. The number of nitrogens with zero attached hydrogens (tertiary/aromatic N) is 1. The lowest BCUT2D eigenvalue weighted by molar-refractivity contribution is -0.292. The van der Waals surface area contributed by atoms with Gasteiger partial charge < -0.3 is 29.9 Å². The Morgan fingerprint density at radius 3 is 2.71 bits per heavy atom. The van der Waals surface area contributed by atoms with Gasteiger partial charge in [-0.2, -0.15) is 0 Å². The Balaban J connectivity index is 1.68. The Kier molecular flexibility index (Phi) is 4.93. The summed E-state index contributed by atoms with van der Waals surface area (Å²) in [6, 6.07) is 7.42. The van der Waals surface area contributed by atoms with E-state index in [2.05, 4.69) is 4.99 Å². The SMILES string of the molecule is O=C(CC1=c2ccccc2=NC1)O[C@@H]1O[C@H](CO)[C@@H](O)[C@H](O)[C@H]1O. The van der Waals surface area contributed by atoms with Crippen LogP contribution in [-0.2, 0) is 14.3 Å². The lowest BCUT2D eigenvalue weighted by Crippen LogP contribution is -2.59. The van der Waals surface area contributed by atoms with Crippen LogP contribution in [-0.4, -0.2) is 70.3 Å². The van der Waals surface area contributed by atoms with E-state index < -0.39 is 43.3 Å². The van der Waals surface area contributed by atoms with Crippen molar-refractivity contribution < 1.29 is 34.7 Å². The van der Waals surface area contributed by atoms with Crippen LogP contribution >= 0.6 is 0 Å². The van der Waals surface area contributed by atoms with E-state index in [-0.39, 0.29) is 6.42 Å². The van der Waals surface area contributed by atoms with Crippen molar-refractivity contribution in [2.24, 2.45) is 4.99 Å². The molecule has 130 valence electrons. The fraction of sp³-hybridized carbons (Fsp3) is 0.500. The maximum atomic E-state index is 12.1. The van der Waals surface area contributed by atoms with Gasteiger partial charge in [0.15, 0.2) is 0 Å². The van der Waals surface area contributed by atoms with Gasteiger partial charge in [0, 0.05) is 5.22 Å². The summed E-state index contributed by atoms with van der Waals surface area (Å²) >= 11 is 0. The molecular formula is C16H19NO7. The Morgan fingerprint density at radius 1 is 1.21 bits per heavy atom. The number of fused-ring (bicyclic) bond motifs is 1. The van der Waals surface area contributed by atoms with E-state index in [0.717, 1.165) is 16.1 Å². The molecule has 0 bridgehead atoms. The van der Waals surface area contributed by atoms with Gasteiger partial charge in [-0.05, 0) is 11.6 Å². The van der Waals surface area contributed by atoms with Gasteiger partial charge in [0.1, 0.15) is 24.4 Å². The number of carbonyl (C=O) groups excluding carboxylic acids is 1. The second-order valence-corrected chi connectivity index (χ2v) is 5.80. The number of para-hydroxylation sites is 1. The second-order valence-electron chi connectivity index (χ2n) is 5.80. The molecule has 2 aliphatic heterocycles. The largest absolute Gasteiger partial charge is 0.432 e. The van der Waals surface area contributed by atoms with Gasteiger partial charge in [-0.25, -0.2) is 0 Å². The maximum Gasteiger partial charge on any atom is 0.312 e. The third-order valence-electron chi connectivity index (χ3n) is 4.18. The van der Waals surface area contributed by atoms with Crippen LogP contribution < -0.4 is 10.6 Å². The third-order valence-corrected chi connectivity index (χ3v) is 4.18. The van der Waals surface area contributed by atoms with Crippen LogP contribution in [0.25, 0.3) is 5.57 Å². The first kappa shape index (κ1) is 17.0. The van der Waals surface area contributed by atoms with Crippen LogP contribution in [0.15, 0.2) is 29.3 Å². The number of benzene rings is 1. The Labute approximate surface area is 137 Å². The number of hydrogen-bond acceptors (Lipinski definition) is 8. The summed E-state index contributed by atoms with van der Waals surface area (Å²) in [7, 11) is 0. The minimum atomic E-state index is -1.60. The third kappa shape index (κ3) is 3.19. The summed E-state index contributed by atoms with van der Waals surface area (Å²) in [5.41, 5.74) is 0.792. The van der Waals surface area contributed by atoms with Crippen LogP contribution in [0.4, 0.5) is 0 Å². The van der Waals surface area contributed by atoms with Crippen molar-refractivity contribution in [3.05, 3.63) is 34.8 Å². The smallest absolute Gasteiger partial charge is 0.312 e. The van der Waals surface area contributed by atoms with Gasteiger partial charge in [-0.1, -0.05) is 18.2 Å². The molecule has 0 radical (unpaired) electrons. The van der Waals surface area contributed by atoms with E-state index in [9.17, 15) is 20.1 Å². The molecule has 8 heteroatoms. The first-order valence-corrected chi connectivity index (χ1v) is 7.63. The van der Waals surface area contributed by atoms with E-state index in [0.29, 0.717) is 6.54 Å². The molecule has 0 aliphatic carbocycles. The summed E-state index contributed by atoms with van der Waals surface area (Å²) in [5, 5.41) is 40.1. The molecule has 0 unspecified atom stereocenters. The lowest BCUT2D eigenvalue weighted by atomic mass is 9.99. The van der Waals surface area contributed by atoms with Crippen molar-refractivity contribution in [3.63, 3.8) is 0 Å². The van der Waals surface area contributed by atoms with E-state index in [1.807, 2.05) is 24.3 Å². The summed E-state index contributed by atoms with van der Waals surface area (Å²) in [6.45, 7) is -0.189. The molecule has 1 saturated heterocycles. The zero-order valence-corrected chi connectivity index (χ0v) is 12.8. The first-order chi connectivity index (χ1) is 11.5. The highest BCUT2D eigenvalue weighted by atomic mass is 16.7. The van der Waals surface area contributed by atoms with Crippen LogP contribution in [0.1, 0.15) is 6.42 Å². The normalized spacial score (nSPS) is 32.2. The summed E-state index contributed by atoms with van der Waals surface area (Å²) in [4.78, 5) is 16.4. The topological polar surface area (TPSA) is 129 Å². The predicted molar refractivity (Wildman–Crippen MR) is 80.0 cm³/mol. The monoisotopic (exact) mass is 337 g/mol. The van der Waals surface area contributed by atoms with Crippen molar-refractivity contribution in [1.29, 1.82) is 0 Å². The summed E-state index contributed by atoms with van der Waals surface area (Å²) in [6.07, 6.45) is -7.27. The van der Waals surface area contributed by atoms with Crippen LogP contribution in [0.5, 0.6) is 0 Å². The van der Waals surface area contributed by atoms with E-state index >= 15 is 0 Å². The Bertz CT molecular complexity index is 732. The fourth-order valence-corrected chi connectivity index (χ4v) is 2.84. The molecule has 1 aromatic rings. The summed E-state index contributed by atoms with van der Waals surface area (Å²) in [5.74, 6) is -0.652. The first-order valence-electron chi connectivity index (χ1n) is 7.63. The number of ether oxygens (including phenoxy) is 2. The van der Waals surface area contributed by atoms with Gasteiger partial charge >= 0.3 is 5.97 Å². The molecule has 1 aromatic carbocycles. The van der Waals surface area contributed by atoms with Crippen molar-refractivity contribution in [2.45, 2.75) is 37.1 Å². The van der Waals surface area contributed by atoms with Gasteiger partial charge in [0.05, 0.1) is 24.9 Å². The van der Waals surface area contributed by atoms with Gasteiger partial charge in [-0.15, -0.1) is 0 Å². The van der Waals surface area contributed by atoms with Crippen LogP contribution in [0.2, 0.25) is 0 Å². The van der Waals surface area contributed by atoms with Gasteiger partial charge in [0.2, 0.25) is 6.29 Å². The quantitative estimate of drug-likeness (QED) is 0.437. The van der Waals surface area contributed by atoms with Crippen LogP contribution in [0, 0.1) is 0 Å². The molecule has 1 fully saturated rings. The van der Waals surface area contributed by atoms with E-state index in [1.165, 1.54) is 0 Å². The minimum Gasteiger partial charge on any atom is -0.432 e. The molecule has 3 rings (SSSR count). The van der Waals surface area contributed by atoms with E-state index in [1.54, 1.807) is 0 Å². The molecular weight excluding hydrogens is 318 g/mol. The van der Waals surface area contributed by atoms with Crippen molar-refractivity contribution >= 4 is 11.5 Å². The molecule has 2 heterocycles. The van der Waals surface area contributed by atoms with Gasteiger partial charge in [0.25, 0.3) is 0 Å². The number of esters is 1. The van der Waals surface area contributed by atoms with Crippen molar-refractivity contribution in [2.75, 3.05) is 13.2 Å². The molecule has 0 saturated carbocycles. The highest BCUT2D eigenvalue weighted by Gasteiger charge is 2.45. The highest BCUT2D eigenvalue weighted by molar-refractivity contribution is 5.80. The Morgan fingerprint density at radius 2 is 1.96 bits per heavy atom. The number of hydrogen-bond donors (Lipinski definition) is 4. The highest BCUT2D eigenvalue weighted by Crippen LogP contribution is 2.22. The lowest BCUT2D eigenvalue weighted by Gasteiger charge is -2.39. The van der Waals surface area contributed by atoms with E-state index in [4.69, 9.17) is 14.6 Å². The zero-order valence-electron chi connectivity index (χ0n) is 12.8. The molecule has 4 N–H and O–H groups in total. The Hall–Kier alpha value is -1.84. The molecule has 5 atom stereocenters. The molecule has 0 amide bonds. The molecule has 8 nitrogen and oxygen atoms in total. The number of aliphatic hydroxyl groups is 4. The predicted octanol–water partition coefficient (Wildman–Crippen LogP) is -2.80. The zero-order chi connectivity index (χ0) is 17.3. The second kappa shape index (κ2) is 6.96. The average molecular weight is 337 g/mol. The molecule has 24 heavy (non-hydrogen) atoms. The number of carbonyl (C=O) groups is 1. The molecule has 0 spiro atoms. The standard InChI is InChI=1S/C16H19NO7/c18-7-11-13(20)14(21)15(22)16(23-11)24-12(19)5-8-6-17-10-4-2-1-3-9(8)10/h1-4,11,13-16,18,20-22H,5-7H2/t11-,13-,14+,15-,16+/m1/s1. The summed E-state index contributed by atoms with van der Waals surface area (Å²) < 4.78 is 10.2.